The third kappa shape index (κ3) is 5.96. The van der Waals surface area contributed by atoms with Gasteiger partial charge in [0.25, 0.3) is 0 Å². The van der Waals surface area contributed by atoms with E-state index >= 15 is 0 Å². The van der Waals surface area contributed by atoms with Gasteiger partial charge in [-0.15, -0.1) is 6.42 Å². The number of terminal acetylenes is 1. The van der Waals surface area contributed by atoms with Gasteiger partial charge in [-0.25, -0.2) is 0 Å². The normalized spacial score (nSPS) is 10.4. The lowest BCUT2D eigenvalue weighted by atomic mass is 10.2. The summed E-state index contributed by atoms with van der Waals surface area (Å²) in [5, 5.41) is 4.29. The SMILES string of the molecule is C#CCOc1c(I)cc(/C=N\NCc2ccc(OC)c(OC)c2)cc1OCC. The van der Waals surface area contributed by atoms with Gasteiger partial charge in [0.05, 0.1) is 37.2 Å². The Hall–Kier alpha value is -2.60. The maximum Gasteiger partial charge on any atom is 0.175 e. The van der Waals surface area contributed by atoms with Gasteiger partial charge in [0.2, 0.25) is 0 Å². The zero-order chi connectivity index (χ0) is 20.4. The molecule has 0 aliphatic heterocycles. The lowest BCUT2D eigenvalue weighted by molar-refractivity contribution is 0.298. The number of nitrogens with zero attached hydrogens (tertiary/aromatic N) is 1. The molecule has 2 aromatic rings. The fourth-order valence-electron chi connectivity index (χ4n) is 2.43. The van der Waals surface area contributed by atoms with Crippen LogP contribution < -0.4 is 24.4 Å². The van der Waals surface area contributed by atoms with Crippen molar-refractivity contribution in [2.45, 2.75) is 13.5 Å². The van der Waals surface area contributed by atoms with Gasteiger partial charge < -0.3 is 24.4 Å². The molecular formula is C21H23IN2O4. The second-order valence-electron chi connectivity index (χ2n) is 5.54. The number of hydrazone groups is 1. The van der Waals surface area contributed by atoms with Crippen molar-refractivity contribution in [3.8, 4) is 35.3 Å². The minimum absolute atomic E-state index is 0.191. The quantitative estimate of drug-likeness (QED) is 0.236. The molecule has 0 amide bonds. The average Bonchev–Trinajstić information content (AvgIpc) is 2.70. The highest BCUT2D eigenvalue weighted by Gasteiger charge is 2.11. The van der Waals surface area contributed by atoms with E-state index in [1.165, 1.54) is 0 Å². The van der Waals surface area contributed by atoms with Crippen LogP contribution in [-0.4, -0.2) is 33.6 Å². The average molecular weight is 494 g/mol. The van der Waals surface area contributed by atoms with Crippen molar-refractivity contribution in [2.24, 2.45) is 5.10 Å². The Bertz CT molecular complexity index is 862. The minimum atomic E-state index is 0.191. The van der Waals surface area contributed by atoms with Crippen LogP contribution in [0, 0.1) is 15.9 Å². The molecule has 148 valence electrons. The summed E-state index contributed by atoms with van der Waals surface area (Å²) in [5.74, 6) is 5.14. The second kappa shape index (κ2) is 11.3. The molecule has 2 rings (SSSR count). The predicted octanol–water partition coefficient (Wildman–Crippen LogP) is 3.84. The number of methoxy groups -OCH3 is 2. The van der Waals surface area contributed by atoms with E-state index in [0.29, 0.717) is 36.1 Å². The monoisotopic (exact) mass is 494 g/mol. The van der Waals surface area contributed by atoms with Crippen LogP contribution in [0.2, 0.25) is 0 Å². The first-order chi connectivity index (χ1) is 13.6. The molecule has 0 bridgehead atoms. The molecule has 0 aliphatic rings. The van der Waals surface area contributed by atoms with Crippen molar-refractivity contribution in [2.75, 3.05) is 27.4 Å². The topological polar surface area (TPSA) is 61.3 Å². The third-order valence-electron chi connectivity index (χ3n) is 3.67. The minimum Gasteiger partial charge on any atom is -0.493 e. The second-order valence-corrected chi connectivity index (χ2v) is 6.70. The molecule has 0 heterocycles. The van der Waals surface area contributed by atoms with Crippen LogP contribution in [-0.2, 0) is 6.54 Å². The lowest BCUT2D eigenvalue weighted by Gasteiger charge is -2.13. The summed E-state index contributed by atoms with van der Waals surface area (Å²) >= 11 is 2.19. The number of halogens is 1. The Kier molecular flexibility index (Phi) is 8.75. The van der Waals surface area contributed by atoms with E-state index < -0.39 is 0 Å². The summed E-state index contributed by atoms with van der Waals surface area (Å²) in [5.41, 5.74) is 4.95. The molecule has 0 atom stereocenters. The maximum absolute atomic E-state index is 5.67. The molecule has 2 aromatic carbocycles. The van der Waals surface area contributed by atoms with Crippen LogP contribution in [0.15, 0.2) is 35.4 Å². The van der Waals surface area contributed by atoms with Crippen molar-refractivity contribution in [1.82, 2.24) is 5.43 Å². The zero-order valence-corrected chi connectivity index (χ0v) is 18.3. The largest absolute Gasteiger partial charge is 0.493 e. The molecule has 0 unspecified atom stereocenters. The van der Waals surface area contributed by atoms with Crippen molar-refractivity contribution in [1.29, 1.82) is 0 Å². The summed E-state index contributed by atoms with van der Waals surface area (Å²) in [6, 6.07) is 9.56. The highest BCUT2D eigenvalue weighted by molar-refractivity contribution is 14.1. The van der Waals surface area contributed by atoms with Crippen molar-refractivity contribution < 1.29 is 18.9 Å². The van der Waals surface area contributed by atoms with Gasteiger partial charge in [-0.2, -0.15) is 5.10 Å². The molecule has 0 spiro atoms. The maximum atomic E-state index is 5.67. The van der Waals surface area contributed by atoms with Crippen LogP contribution in [0.3, 0.4) is 0 Å². The number of hydrogen-bond acceptors (Lipinski definition) is 6. The Morgan fingerprint density at radius 3 is 2.57 bits per heavy atom. The fraction of sp³-hybridized carbons (Fsp3) is 0.286. The molecule has 0 fully saturated rings. The first-order valence-corrected chi connectivity index (χ1v) is 9.70. The Morgan fingerprint density at radius 2 is 1.89 bits per heavy atom. The van der Waals surface area contributed by atoms with Crippen LogP contribution in [0.4, 0.5) is 0 Å². The van der Waals surface area contributed by atoms with Gasteiger partial charge in [0.15, 0.2) is 23.0 Å². The van der Waals surface area contributed by atoms with Crippen LogP contribution >= 0.6 is 22.6 Å². The molecule has 0 aliphatic carbocycles. The van der Waals surface area contributed by atoms with Crippen LogP contribution in [0.5, 0.6) is 23.0 Å². The summed E-state index contributed by atoms with van der Waals surface area (Å²) in [6.45, 7) is 3.19. The summed E-state index contributed by atoms with van der Waals surface area (Å²) in [4.78, 5) is 0. The number of hydrogen-bond donors (Lipinski definition) is 1. The molecule has 28 heavy (non-hydrogen) atoms. The molecular weight excluding hydrogens is 471 g/mol. The Labute approximate surface area is 179 Å². The van der Waals surface area contributed by atoms with Gasteiger partial charge in [0.1, 0.15) is 6.61 Å². The van der Waals surface area contributed by atoms with Gasteiger partial charge in [-0.3, -0.25) is 0 Å². The summed E-state index contributed by atoms with van der Waals surface area (Å²) in [7, 11) is 3.22. The Morgan fingerprint density at radius 1 is 1.11 bits per heavy atom. The van der Waals surface area contributed by atoms with Gasteiger partial charge in [-0.05, 0) is 64.9 Å². The summed E-state index contributed by atoms with van der Waals surface area (Å²) in [6.07, 6.45) is 7.01. The fourth-order valence-corrected chi connectivity index (χ4v) is 3.21. The Balaban J connectivity index is 2.06. The van der Waals surface area contributed by atoms with E-state index in [1.54, 1.807) is 20.4 Å². The number of nitrogens with one attached hydrogen (secondary N) is 1. The highest BCUT2D eigenvalue weighted by Crippen LogP contribution is 2.34. The van der Waals surface area contributed by atoms with E-state index in [2.05, 4.69) is 39.0 Å². The first-order valence-electron chi connectivity index (χ1n) is 8.62. The van der Waals surface area contributed by atoms with Crippen LogP contribution in [0.1, 0.15) is 18.1 Å². The van der Waals surface area contributed by atoms with Gasteiger partial charge >= 0.3 is 0 Å². The van der Waals surface area contributed by atoms with E-state index in [1.807, 2.05) is 37.3 Å². The standard InChI is InChI=1S/C21H23IN2O4/c1-5-9-28-21-17(22)10-16(12-20(21)27-6-2)14-24-23-13-15-7-8-18(25-3)19(11-15)26-4/h1,7-8,10-12,14,23H,6,9,13H2,2-4H3/b24-14-. The van der Waals surface area contributed by atoms with E-state index in [9.17, 15) is 0 Å². The number of benzene rings is 2. The summed E-state index contributed by atoms with van der Waals surface area (Å²) < 4.78 is 22.7. The lowest BCUT2D eigenvalue weighted by Crippen LogP contribution is -2.06. The molecule has 0 aromatic heterocycles. The predicted molar refractivity (Wildman–Crippen MR) is 119 cm³/mol. The number of ether oxygens (including phenoxy) is 4. The molecule has 0 saturated carbocycles. The van der Waals surface area contributed by atoms with Crippen molar-refractivity contribution >= 4 is 28.8 Å². The van der Waals surface area contributed by atoms with Gasteiger partial charge in [-0.1, -0.05) is 12.0 Å². The van der Waals surface area contributed by atoms with Crippen molar-refractivity contribution in [3.05, 3.63) is 45.0 Å². The zero-order valence-electron chi connectivity index (χ0n) is 16.1. The van der Waals surface area contributed by atoms with Gasteiger partial charge in [0, 0.05) is 0 Å². The highest BCUT2D eigenvalue weighted by atomic mass is 127. The molecule has 7 heteroatoms. The molecule has 0 radical (unpaired) electrons. The molecule has 6 nitrogen and oxygen atoms in total. The molecule has 0 saturated heterocycles. The van der Waals surface area contributed by atoms with E-state index in [-0.39, 0.29) is 6.61 Å². The van der Waals surface area contributed by atoms with E-state index in [4.69, 9.17) is 25.4 Å². The smallest absolute Gasteiger partial charge is 0.175 e. The first kappa shape index (κ1) is 21.7. The number of rotatable bonds is 10. The van der Waals surface area contributed by atoms with Crippen LogP contribution in [0.25, 0.3) is 0 Å². The third-order valence-corrected chi connectivity index (χ3v) is 4.47. The molecule has 1 N–H and O–H groups in total. The van der Waals surface area contributed by atoms with E-state index in [0.717, 1.165) is 14.7 Å². The van der Waals surface area contributed by atoms with Crippen molar-refractivity contribution in [3.63, 3.8) is 0 Å².